The van der Waals surface area contributed by atoms with Crippen LogP contribution in [0, 0.1) is 0 Å². The number of hydrogen-bond donors (Lipinski definition) is 0. The molecule has 1 spiro atoms. The van der Waals surface area contributed by atoms with E-state index in [4.69, 9.17) is 15.0 Å². The molecular formula is C58H34N4S. The third-order valence-corrected chi connectivity index (χ3v) is 14.7. The molecule has 0 amide bonds. The lowest BCUT2D eigenvalue weighted by atomic mass is 9.70. The van der Waals surface area contributed by atoms with Crippen LogP contribution < -0.4 is 0 Å². The topological polar surface area (TPSA) is 43.6 Å². The lowest BCUT2D eigenvalue weighted by molar-refractivity contribution is 0.794. The summed E-state index contributed by atoms with van der Waals surface area (Å²) in [6.45, 7) is 0. The van der Waals surface area contributed by atoms with E-state index < -0.39 is 5.41 Å². The number of thiophene rings is 1. The lowest BCUT2D eigenvalue weighted by Crippen LogP contribution is -2.25. The van der Waals surface area contributed by atoms with Gasteiger partial charge in [0.05, 0.1) is 22.1 Å². The fraction of sp³-hybridized carbons (Fsp3) is 0.0172. The van der Waals surface area contributed by atoms with Gasteiger partial charge < -0.3 is 4.57 Å². The molecule has 12 aromatic rings. The van der Waals surface area contributed by atoms with E-state index in [1.54, 1.807) is 11.3 Å². The van der Waals surface area contributed by atoms with Crippen LogP contribution >= 0.6 is 11.3 Å². The van der Waals surface area contributed by atoms with Gasteiger partial charge in [0, 0.05) is 47.6 Å². The van der Waals surface area contributed by atoms with Crippen LogP contribution in [0.3, 0.4) is 0 Å². The summed E-state index contributed by atoms with van der Waals surface area (Å²) in [5, 5.41) is 4.92. The second kappa shape index (κ2) is 13.0. The number of para-hydroxylation sites is 1. The standard InChI is InChI=1S/C58H34N4S/c1-3-17-35(18-4-1)55-59-56(36-19-5-2-6-20-36)61-57(60-55)42-31-33-49(53-41-25-11-16-30-50(41)63-54(42)53)62-47-29-15-10-24-40(47)52-48(62)34-32-46-51(52)39-23-9-14-28-45(39)58(46)43-26-12-7-21-37(43)38-22-8-13-27-44(38)58/h1-34H. The van der Waals surface area contributed by atoms with E-state index in [9.17, 15) is 0 Å². The van der Waals surface area contributed by atoms with Crippen molar-refractivity contribution in [2.24, 2.45) is 0 Å². The second-order valence-corrected chi connectivity index (χ2v) is 17.6. The molecule has 4 nitrogen and oxygen atoms in total. The fourth-order valence-electron chi connectivity index (χ4n) is 11.0. The molecule has 2 aliphatic rings. The SMILES string of the molecule is c1ccc(-c2nc(-c3ccccc3)nc(-c3ccc(-n4c5ccccc5c5c6c(ccc54)C4(c5ccccc5-c5ccccc54)c4ccccc4-6)c4c3sc3ccccc34)n2)cc1. The molecule has 0 saturated carbocycles. The Kier molecular flexibility index (Phi) is 7.16. The number of benzene rings is 9. The van der Waals surface area contributed by atoms with E-state index in [1.807, 2.05) is 36.4 Å². The van der Waals surface area contributed by atoms with Crippen LogP contribution in [0.2, 0.25) is 0 Å². The van der Waals surface area contributed by atoms with E-state index >= 15 is 0 Å². The molecule has 3 heterocycles. The van der Waals surface area contributed by atoms with Gasteiger partial charge in [0.15, 0.2) is 17.5 Å². The summed E-state index contributed by atoms with van der Waals surface area (Å²) >= 11 is 1.81. The summed E-state index contributed by atoms with van der Waals surface area (Å²) in [5.74, 6) is 1.96. The van der Waals surface area contributed by atoms with Gasteiger partial charge in [-0.2, -0.15) is 0 Å². The summed E-state index contributed by atoms with van der Waals surface area (Å²) in [6.07, 6.45) is 0. The smallest absolute Gasteiger partial charge is 0.165 e. The highest BCUT2D eigenvalue weighted by atomic mass is 32.1. The highest BCUT2D eigenvalue weighted by Gasteiger charge is 2.52. The van der Waals surface area contributed by atoms with Crippen molar-refractivity contribution in [2.75, 3.05) is 0 Å². The largest absolute Gasteiger partial charge is 0.309 e. The number of rotatable bonds is 4. The maximum Gasteiger partial charge on any atom is 0.165 e. The Bertz CT molecular complexity index is 3760. The first-order valence-corrected chi connectivity index (χ1v) is 22.3. The Morgan fingerprint density at radius 2 is 0.905 bits per heavy atom. The Labute approximate surface area is 367 Å². The molecule has 9 aromatic carbocycles. The molecule has 0 aliphatic heterocycles. The number of nitrogens with zero attached hydrogens (tertiary/aromatic N) is 4. The summed E-state index contributed by atoms with van der Waals surface area (Å²) < 4.78 is 4.88. The van der Waals surface area contributed by atoms with Crippen molar-refractivity contribution in [1.82, 2.24) is 19.5 Å². The van der Waals surface area contributed by atoms with Crippen molar-refractivity contribution >= 4 is 53.3 Å². The molecule has 0 atom stereocenters. The molecule has 0 bridgehead atoms. The first-order valence-electron chi connectivity index (χ1n) is 21.5. The first-order chi connectivity index (χ1) is 31.3. The third kappa shape index (κ3) is 4.66. The maximum atomic E-state index is 5.22. The highest BCUT2D eigenvalue weighted by Crippen LogP contribution is 2.64. The average Bonchev–Trinajstić information content (AvgIpc) is 4.08. The van der Waals surface area contributed by atoms with Gasteiger partial charge in [0.2, 0.25) is 0 Å². The summed E-state index contributed by atoms with van der Waals surface area (Å²) in [6, 6.07) is 74.8. The molecular weight excluding hydrogens is 785 g/mol. The van der Waals surface area contributed by atoms with Gasteiger partial charge in [-0.15, -0.1) is 11.3 Å². The Morgan fingerprint density at radius 3 is 1.59 bits per heavy atom. The quantitative estimate of drug-likeness (QED) is 0.178. The molecule has 2 aliphatic carbocycles. The van der Waals surface area contributed by atoms with Gasteiger partial charge in [0.1, 0.15) is 0 Å². The fourth-order valence-corrected chi connectivity index (χ4v) is 12.2. The van der Waals surface area contributed by atoms with Crippen LogP contribution in [-0.4, -0.2) is 19.5 Å². The minimum Gasteiger partial charge on any atom is -0.309 e. The van der Waals surface area contributed by atoms with E-state index in [2.05, 4.69) is 174 Å². The van der Waals surface area contributed by atoms with E-state index in [0.717, 1.165) is 27.1 Å². The zero-order valence-corrected chi connectivity index (χ0v) is 34.6. The van der Waals surface area contributed by atoms with Gasteiger partial charge in [-0.25, -0.2) is 15.0 Å². The predicted molar refractivity (Wildman–Crippen MR) is 260 cm³/mol. The van der Waals surface area contributed by atoms with Crippen molar-refractivity contribution < 1.29 is 0 Å². The van der Waals surface area contributed by atoms with E-state index in [-0.39, 0.29) is 0 Å². The van der Waals surface area contributed by atoms with Crippen LogP contribution in [0.4, 0.5) is 0 Å². The molecule has 292 valence electrons. The van der Waals surface area contributed by atoms with Crippen LogP contribution in [0.1, 0.15) is 22.3 Å². The van der Waals surface area contributed by atoms with Gasteiger partial charge in [-0.3, -0.25) is 0 Å². The summed E-state index contributed by atoms with van der Waals surface area (Å²) in [7, 11) is 0. The molecule has 0 fully saturated rings. The predicted octanol–water partition coefficient (Wildman–Crippen LogP) is 14.7. The van der Waals surface area contributed by atoms with Gasteiger partial charge in [-0.1, -0.05) is 176 Å². The molecule has 0 unspecified atom stereocenters. The molecule has 5 heteroatoms. The Balaban J connectivity index is 1.07. The molecule has 14 rings (SSSR count). The van der Waals surface area contributed by atoms with Crippen molar-refractivity contribution in [2.45, 2.75) is 5.41 Å². The molecule has 0 saturated heterocycles. The van der Waals surface area contributed by atoms with E-state index in [1.165, 1.54) is 81.8 Å². The third-order valence-electron chi connectivity index (χ3n) is 13.5. The molecule has 0 N–H and O–H groups in total. The van der Waals surface area contributed by atoms with Gasteiger partial charge in [-0.05, 0) is 74.8 Å². The molecule has 0 radical (unpaired) electrons. The van der Waals surface area contributed by atoms with Crippen molar-refractivity contribution in [1.29, 1.82) is 0 Å². The van der Waals surface area contributed by atoms with Crippen LogP contribution in [0.5, 0.6) is 0 Å². The number of fused-ring (bicyclic) bond motifs is 17. The minimum atomic E-state index is -0.420. The number of hydrogen-bond acceptors (Lipinski definition) is 4. The normalized spacial score (nSPS) is 13.2. The van der Waals surface area contributed by atoms with Crippen molar-refractivity contribution in [3.05, 3.63) is 229 Å². The summed E-state index contributed by atoms with van der Waals surface area (Å²) in [4.78, 5) is 15.5. The first kappa shape index (κ1) is 34.7. The zero-order chi connectivity index (χ0) is 41.2. The Morgan fingerprint density at radius 1 is 0.365 bits per heavy atom. The van der Waals surface area contributed by atoms with Crippen LogP contribution in [0.25, 0.3) is 104 Å². The van der Waals surface area contributed by atoms with Crippen LogP contribution in [-0.2, 0) is 5.41 Å². The minimum absolute atomic E-state index is 0.420. The Hall–Kier alpha value is -7.99. The van der Waals surface area contributed by atoms with Crippen LogP contribution in [0.15, 0.2) is 206 Å². The maximum absolute atomic E-state index is 5.22. The highest BCUT2D eigenvalue weighted by molar-refractivity contribution is 7.26. The van der Waals surface area contributed by atoms with Gasteiger partial charge >= 0.3 is 0 Å². The van der Waals surface area contributed by atoms with Gasteiger partial charge in [0.25, 0.3) is 0 Å². The lowest BCUT2D eigenvalue weighted by Gasteiger charge is -2.30. The number of aromatic nitrogens is 4. The second-order valence-electron chi connectivity index (χ2n) is 16.6. The van der Waals surface area contributed by atoms with E-state index in [0.29, 0.717) is 17.5 Å². The van der Waals surface area contributed by atoms with Crippen molar-refractivity contribution in [3.63, 3.8) is 0 Å². The van der Waals surface area contributed by atoms with Crippen molar-refractivity contribution in [3.8, 4) is 62.1 Å². The summed E-state index contributed by atoms with van der Waals surface area (Å²) in [5.41, 5.74) is 16.6. The monoisotopic (exact) mass is 818 g/mol. The zero-order valence-electron chi connectivity index (χ0n) is 33.8. The molecule has 3 aromatic heterocycles. The molecule has 63 heavy (non-hydrogen) atoms. The average molecular weight is 819 g/mol.